The molecule has 0 amide bonds. The average Bonchev–Trinajstić information content (AvgIpc) is 3.15. The van der Waals surface area contributed by atoms with Crippen LogP contribution in [-0.4, -0.2) is 11.6 Å². The van der Waals surface area contributed by atoms with E-state index in [1.54, 1.807) is 0 Å². The molecule has 0 aliphatic rings. The van der Waals surface area contributed by atoms with Crippen LogP contribution in [0.4, 0.5) is 0 Å². The number of hydrogen-bond donors (Lipinski definition) is 0. The molecular weight excluding hydrogens is 340 g/mol. The second-order valence-electron chi connectivity index (χ2n) is 6.35. The number of rotatable bonds is 6. The molecule has 26 heavy (non-hydrogen) atoms. The maximum absolute atomic E-state index is 9.58. The lowest BCUT2D eigenvalue weighted by Gasteiger charge is -2.09. The van der Waals surface area contributed by atoms with Gasteiger partial charge >= 0.3 is 0 Å². The Labute approximate surface area is 158 Å². The summed E-state index contributed by atoms with van der Waals surface area (Å²) in [5.41, 5.74) is 3.43. The molecule has 0 N–H and O–H groups in total. The number of allylic oxidation sites excluding steroid dienone is 1. The molecule has 0 atom stereocenters. The molecule has 0 unspecified atom stereocenters. The Kier molecular flexibility index (Phi) is 5.83. The minimum absolute atomic E-state index is 0.468. The number of ether oxygens (including phenoxy) is 1. The van der Waals surface area contributed by atoms with Crippen molar-refractivity contribution < 1.29 is 4.74 Å². The van der Waals surface area contributed by atoms with Crippen LogP contribution in [0.25, 0.3) is 22.9 Å². The van der Waals surface area contributed by atoms with Crippen molar-refractivity contribution in [2.45, 2.75) is 13.8 Å². The van der Waals surface area contributed by atoms with E-state index in [1.807, 2.05) is 66.1 Å². The Morgan fingerprint density at radius 1 is 1.19 bits per heavy atom. The molecule has 0 aliphatic carbocycles. The molecular formula is C22H20N2OS. The van der Waals surface area contributed by atoms with Crippen molar-refractivity contribution in [3.63, 3.8) is 0 Å². The molecule has 3 rings (SSSR count). The molecule has 4 heteroatoms. The van der Waals surface area contributed by atoms with Gasteiger partial charge in [-0.2, -0.15) is 5.26 Å². The zero-order valence-electron chi connectivity index (χ0n) is 14.8. The van der Waals surface area contributed by atoms with Crippen LogP contribution < -0.4 is 4.74 Å². The summed E-state index contributed by atoms with van der Waals surface area (Å²) < 4.78 is 5.77. The third-order valence-corrected chi connectivity index (χ3v) is 4.55. The fourth-order valence-corrected chi connectivity index (χ4v) is 3.20. The Balaban J connectivity index is 1.84. The maximum Gasteiger partial charge on any atom is 0.134 e. The minimum Gasteiger partial charge on any atom is -0.493 e. The summed E-state index contributed by atoms with van der Waals surface area (Å²) in [6.07, 6.45) is 1.86. The van der Waals surface area contributed by atoms with Crippen LogP contribution >= 0.6 is 11.3 Å². The highest BCUT2D eigenvalue weighted by molar-refractivity contribution is 7.11. The van der Waals surface area contributed by atoms with Crippen molar-refractivity contribution in [1.29, 1.82) is 5.26 Å². The lowest BCUT2D eigenvalue weighted by molar-refractivity contribution is 0.271. The lowest BCUT2D eigenvalue weighted by atomic mass is 10.1. The van der Waals surface area contributed by atoms with E-state index in [1.165, 1.54) is 11.3 Å². The third kappa shape index (κ3) is 4.59. The van der Waals surface area contributed by atoms with E-state index in [0.717, 1.165) is 27.6 Å². The summed E-state index contributed by atoms with van der Waals surface area (Å²) >= 11 is 1.48. The van der Waals surface area contributed by atoms with Gasteiger partial charge < -0.3 is 4.74 Å². The van der Waals surface area contributed by atoms with Gasteiger partial charge in [0.15, 0.2) is 0 Å². The first kappa shape index (κ1) is 17.9. The molecule has 2 aromatic carbocycles. The molecule has 0 spiro atoms. The van der Waals surface area contributed by atoms with Gasteiger partial charge in [0.05, 0.1) is 17.9 Å². The van der Waals surface area contributed by atoms with E-state index in [4.69, 9.17) is 4.74 Å². The fourth-order valence-electron chi connectivity index (χ4n) is 2.40. The smallest absolute Gasteiger partial charge is 0.134 e. The number of aromatic nitrogens is 1. The molecule has 0 saturated carbocycles. The highest BCUT2D eigenvalue weighted by Crippen LogP contribution is 2.27. The summed E-state index contributed by atoms with van der Waals surface area (Å²) in [5, 5.41) is 12.3. The van der Waals surface area contributed by atoms with Crippen LogP contribution in [0.3, 0.4) is 0 Å². The van der Waals surface area contributed by atoms with Gasteiger partial charge in [-0.3, -0.25) is 0 Å². The van der Waals surface area contributed by atoms with Crippen molar-refractivity contribution in [3.05, 3.63) is 70.5 Å². The van der Waals surface area contributed by atoms with Gasteiger partial charge in [0.1, 0.15) is 16.8 Å². The van der Waals surface area contributed by atoms with Crippen LogP contribution in [0, 0.1) is 17.2 Å². The maximum atomic E-state index is 9.58. The first-order chi connectivity index (χ1) is 12.7. The number of benzene rings is 2. The summed E-state index contributed by atoms with van der Waals surface area (Å²) in [6.45, 7) is 4.90. The molecule has 0 saturated heterocycles. The third-order valence-electron chi connectivity index (χ3n) is 3.68. The number of thiazole rings is 1. The molecule has 130 valence electrons. The molecule has 1 aromatic heterocycles. The van der Waals surface area contributed by atoms with Gasteiger partial charge in [-0.1, -0.05) is 56.3 Å². The van der Waals surface area contributed by atoms with Crippen LogP contribution in [0.2, 0.25) is 0 Å². The van der Waals surface area contributed by atoms with Crippen molar-refractivity contribution in [3.8, 4) is 23.1 Å². The predicted octanol–water partition coefficient (Wildman–Crippen LogP) is 5.91. The molecule has 0 bridgehead atoms. The normalized spacial score (nSPS) is 11.4. The fraction of sp³-hybridized carbons (Fsp3) is 0.182. The first-order valence-corrected chi connectivity index (χ1v) is 9.39. The summed E-state index contributed by atoms with van der Waals surface area (Å²) in [6, 6.07) is 20.0. The quantitative estimate of drug-likeness (QED) is 0.513. The Morgan fingerprint density at radius 3 is 2.73 bits per heavy atom. The van der Waals surface area contributed by atoms with Gasteiger partial charge in [0.2, 0.25) is 0 Å². The van der Waals surface area contributed by atoms with E-state index in [2.05, 4.69) is 24.9 Å². The SMILES string of the molecule is CC(C)COc1cccc(/C=C(/C#N)c2nc(-c3ccccc3)cs2)c1. The minimum atomic E-state index is 0.468. The standard InChI is InChI=1S/C22H20N2OS/c1-16(2)14-25-20-10-6-7-17(12-20)11-19(13-23)22-24-21(15-26-22)18-8-4-3-5-9-18/h3-12,15-16H,14H2,1-2H3/b19-11-. The Bertz CT molecular complexity index is 936. The largest absolute Gasteiger partial charge is 0.493 e. The van der Waals surface area contributed by atoms with Gasteiger partial charge in [-0.25, -0.2) is 4.98 Å². The molecule has 0 aliphatic heterocycles. The second-order valence-corrected chi connectivity index (χ2v) is 7.21. The first-order valence-electron chi connectivity index (χ1n) is 8.51. The summed E-state index contributed by atoms with van der Waals surface area (Å²) in [4.78, 5) is 4.63. The van der Waals surface area contributed by atoms with Crippen molar-refractivity contribution >= 4 is 23.0 Å². The average molecular weight is 360 g/mol. The zero-order chi connectivity index (χ0) is 18.4. The van der Waals surface area contributed by atoms with Gasteiger partial charge in [-0.05, 0) is 29.7 Å². The molecule has 0 fully saturated rings. The highest BCUT2D eigenvalue weighted by Gasteiger charge is 2.09. The lowest BCUT2D eigenvalue weighted by Crippen LogP contribution is -2.04. The zero-order valence-corrected chi connectivity index (χ0v) is 15.7. The summed E-state index contributed by atoms with van der Waals surface area (Å²) in [7, 11) is 0. The number of nitrogens with zero attached hydrogens (tertiary/aromatic N) is 2. The predicted molar refractivity (Wildman–Crippen MR) is 108 cm³/mol. The molecule has 0 radical (unpaired) electrons. The van der Waals surface area contributed by atoms with Crippen molar-refractivity contribution in [2.24, 2.45) is 5.92 Å². The Hall–Kier alpha value is -2.90. The van der Waals surface area contributed by atoms with Gasteiger partial charge in [-0.15, -0.1) is 11.3 Å². The molecule has 1 heterocycles. The summed E-state index contributed by atoms with van der Waals surface area (Å²) in [5.74, 6) is 1.28. The molecule has 3 nitrogen and oxygen atoms in total. The second kappa shape index (κ2) is 8.46. The van der Waals surface area contributed by atoms with Crippen molar-refractivity contribution in [2.75, 3.05) is 6.61 Å². The van der Waals surface area contributed by atoms with Gasteiger partial charge in [0, 0.05) is 10.9 Å². The molecule has 3 aromatic rings. The van der Waals surface area contributed by atoms with E-state index >= 15 is 0 Å². The van der Waals surface area contributed by atoms with E-state index in [-0.39, 0.29) is 0 Å². The van der Waals surface area contributed by atoms with Crippen molar-refractivity contribution in [1.82, 2.24) is 4.98 Å². The van der Waals surface area contributed by atoms with E-state index in [0.29, 0.717) is 18.1 Å². The van der Waals surface area contributed by atoms with Crippen LogP contribution in [0.15, 0.2) is 60.0 Å². The number of hydrogen-bond acceptors (Lipinski definition) is 4. The van der Waals surface area contributed by atoms with E-state index < -0.39 is 0 Å². The number of nitriles is 1. The Morgan fingerprint density at radius 2 is 2.00 bits per heavy atom. The van der Waals surface area contributed by atoms with Crippen LogP contribution in [0.5, 0.6) is 5.75 Å². The topological polar surface area (TPSA) is 45.9 Å². The van der Waals surface area contributed by atoms with Gasteiger partial charge in [0.25, 0.3) is 0 Å². The monoisotopic (exact) mass is 360 g/mol. The van der Waals surface area contributed by atoms with Crippen LogP contribution in [-0.2, 0) is 0 Å². The highest BCUT2D eigenvalue weighted by atomic mass is 32.1. The van der Waals surface area contributed by atoms with Crippen LogP contribution in [0.1, 0.15) is 24.4 Å². The van der Waals surface area contributed by atoms with E-state index in [9.17, 15) is 5.26 Å².